The molecule has 3 aliphatic rings. The van der Waals surface area contributed by atoms with E-state index in [1.165, 1.54) is 34.7 Å². The predicted octanol–water partition coefficient (Wildman–Crippen LogP) is 2.30. The van der Waals surface area contributed by atoms with Crippen LogP contribution in [0.5, 0.6) is 0 Å². The van der Waals surface area contributed by atoms with Gasteiger partial charge < -0.3 is 0 Å². The number of nitro groups is 1. The number of imide groups is 1. The first kappa shape index (κ1) is 13.2. The third-order valence-electron chi connectivity index (χ3n) is 5.20. The Hall–Kier alpha value is -2.50. The Morgan fingerprint density at radius 1 is 1.14 bits per heavy atom. The summed E-state index contributed by atoms with van der Waals surface area (Å²) in [7, 11) is 0. The largest absolute Gasteiger partial charge is 0.274 e. The highest BCUT2D eigenvalue weighted by Crippen LogP contribution is 2.55. The lowest BCUT2D eigenvalue weighted by Gasteiger charge is -2.19. The van der Waals surface area contributed by atoms with Gasteiger partial charge in [0.1, 0.15) is 0 Å². The van der Waals surface area contributed by atoms with Gasteiger partial charge in [0.05, 0.1) is 22.4 Å². The van der Waals surface area contributed by atoms with Crippen molar-refractivity contribution >= 4 is 23.2 Å². The summed E-state index contributed by atoms with van der Waals surface area (Å²) in [4.78, 5) is 36.8. The topological polar surface area (TPSA) is 80.5 Å². The molecule has 6 nitrogen and oxygen atoms in total. The van der Waals surface area contributed by atoms with Crippen molar-refractivity contribution in [3.63, 3.8) is 0 Å². The zero-order valence-electron chi connectivity index (χ0n) is 11.9. The highest BCUT2D eigenvalue weighted by molar-refractivity contribution is 6.22. The lowest BCUT2D eigenvalue weighted by molar-refractivity contribution is -0.384. The summed E-state index contributed by atoms with van der Waals surface area (Å²) in [6, 6.07) is 5.58. The monoisotopic (exact) mass is 298 g/mol. The standard InChI is InChI=1S/C16H14N2O4/c1-8-6-9-7-12(8)14-13(9)15(19)17(16(14)20)10-2-4-11(5-3-10)18(21)22/h2-6,9,12-14H,7H2,1H3/t9-,12+,13-,14+/m0/s1. The van der Waals surface area contributed by atoms with Gasteiger partial charge in [0, 0.05) is 12.1 Å². The van der Waals surface area contributed by atoms with E-state index < -0.39 is 4.92 Å². The number of carbonyl (C=O) groups is 2. The second-order valence-electron chi connectivity index (χ2n) is 6.25. The number of hydrogen-bond donors (Lipinski definition) is 0. The van der Waals surface area contributed by atoms with E-state index in [4.69, 9.17) is 0 Å². The maximum Gasteiger partial charge on any atom is 0.269 e. The molecular formula is C16H14N2O4. The van der Waals surface area contributed by atoms with Gasteiger partial charge in [0.2, 0.25) is 11.8 Å². The number of rotatable bonds is 2. The molecule has 1 aromatic rings. The van der Waals surface area contributed by atoms with E-state index in [9.17, 15) is 19.7 Å². The van der Waals surface area contributed by atoms with Crippen LogP contribution < -0.4 is 4.90 Å². The van der Waals surface area contributed by atoms with Gasteiger partial charge in [-0.05, 0) is 37.3 Å². The summed E-state index contributed by atoms with van der Waals surface area (Å²) < 4.78 is 0. The van der Waals surface area contributed by atoms with Crippen LogP contribution in [0, 0.1) is 33.8 Å². The minimum atomic E-state index is -0.500. The van der Waals surface area contributed by atoms with Crippen molar-refractivity contribution in [2.75, 3.05) is 4.90 Å². The fourth-order valence-corrected chi connectivity index (χ4v) is 4.25. The van der Waals surface area contributed by atoms with Crippen molar-refractivity contribution in [1.82, 2.24) is 0 Å². The number of benzene rings is 1. The molecule has 4 atom stereocenters. The van der Waals surface area contributed by atoms with Crippen LogP contribution in [0.1, 0.15) is 13.3 Å². The van der Waals surface area contributed by atoms with Crippen molar-refractivity contribution in [3.8, 4) is 0 Å². The first-order chi connectivity index (χ1) is 10.5. The molecule has 0 radical (unpaired) electrons. The first-order valence-corrected chi connectivity index (χ1v) is 7.29. The number of allylic oxidation sites excluding steroid dienone is 2. The van der Waals surface area contributed by atoms with E-state index in [1.54, 1.807) is 0 Å². The zero-order chi connectivity index (χ0) is 15.6. The second-order valence-corrected chi connectivity index (χ2v) is 6.25. The quantitative estimate of drug-likeness (QED) is 0.363. The number of carbonyl (C=O) groups excluding carboxylic acids is 2. The van der Waals surface area contributed by atoms with Crippen LogP contribution in [-0.4, -0.2) is 16.7 Å². The molecule has 0 spiro atoms. The number of fused-ring (bicyclic) bond motifs is 5. The minimum absolute atomic E-state index is 0.0550. The van der Waals surface area contributed by atoms with Gasteiger partial charge in [0.15, 0.2) is 0 Å². The molecule has 1 saturated heterocycles. The number of nitrogens with zero attached hydrogens (tertiary/aromatic N) is 2. The van der Waals surface area contributed by atoms with Gasteiger partial charge in [-0.25, -0.2) is 0 Å². The fourth-order valence-electron chi connectivity index (χ4n) is 4.25. The van der Waals surface area contributed by atoms with E-state index in [1.807, 2.05) is 6.92 Å². The predicted molar refractivity (Wildman–Crippen MR) is 77.9 cm³/mol. The van der Waals surface area contributed by atoms with Crippen LogP contribution in [0.2, 0.25) is 0 Å². The summed E-state index contributed by atoms with van der Waals surface area (Å²) in [6.07, 6.45) is 3.02. The summed E-state index contributed by atoms with van der Waals surface area (Å²) in [5, 5.41) is 10.7. The average molecular weight is 298 g/mol. The summed E-state index contributed by atoms with van der Waals surface area (Å²) in [5.41, 5.74) is 1.57. The molecule has 112 valence electrons. The van der Waals surface area contributed by atoms with Gasteiger partial charge in [-0.15, -0.1) is 0 Å². The molecule has 0 unspecified atom stereocenters. The maximum atomic E-state index is 12.7. The molecule has 22 heavy (non-hydrogen) atoms. The lowest BCUT2D eigenvalue weighted by atomic mass is 9.82. The van der Waals surface area contributed by atoms with E-state index in [-0.39, 0.29) is 41.2 Å². The van der Waals surface area contributed by atoms with Crippen LogP contribution in [0.25, 0.3) is 0 Å². The Bertz CT molecular complexity index is 737. The molecule has 4 rings (SSSR count). The molecular weight excluding hydrogens is 284 g/mol. The highest BCUT2D eigenvalue weighted by Gasteiger charge is 2.60. The lowest BCUT2D eigenvalue weighted by Crippen LogP contribution is -2.32. The Morgan fingerprint density at radius 2 is 1.77 bits per heavy atom. The average Bonchev–Trinajstić information content (AvgIpc) is 3.11. The smallest absolute Gasteiger partial charge is 0.269 e. The fraction of sp³-hybridized carbons (Fsp3) is 0.375. The molecule has 0 aromatic heterocycles. The molecule has 1 aromatic carbocycles. The SMILES string of the molecule is CC1=C[C@H]2C[C@H]1[C@H]1C(=O)N(c3ccc([N+](=O)[O-])cc3)C(=O)[C@H]12. The summed E-state index contributed by atoms with van der Waals surface area (Å²) in [5.74, 6) is -0.498. The molecule has 2 fully saturated rings. The Morgan fingerprint density at radius 3 is 2.41 bits per heavy atom. The minimum Gasteiger partial charge on any atom is -0.274 e. The van der Waals surface area contributed by atoms with Gasteiger partial charge in [-0.2, -0.15) is 0 Å². The maximum absolute atomic E-state index is 12.7. The van der Waals surface area contributed by atoms with Crippen molar-refractivity contribution in [2.45, 2.75) is 13.3 Å². The van der Waals surface area contributed by atoms with Crippen LogP contribution in [0.4, 0.5) is 11.4 Å². The summed E-state index contributed by atoms with van der Waals surface area (Å²) in [6.45, 7) is 2.02. The molecule has 1 saturated carbocycles. The normalized spacial score (nSPS) is 32.4. The number of amides is 2. The van der Waals surface area contributed by atoms with Crippen molar-refractivity contribution < 1.29 is 14.5 Å². The van der Waals surface area contributed by atoms with Crippen LogP contribution in [-0.2, 0) is 9.59 Å². The van der Waals surface area contributed by atoms with Crippen molar-refractivity contribution in [2.24, 2.45) is 23.7 Å². The molecule has 1 aliphatic heterocycles. The molecule has 6 heteroatoms. The van der Waals surface area contributed by atoms with Gasteiger partial charge in [0.25, 0.3) is 5.69 Å². The van der Waals surface area contributed by atoms with Gasteiger partial charge >= 0.3 is 0 Å². The van der Waals surface area contributed by atoms with Crippen molar-refractivity contribution in [1.29, 1.82) is 0 Å². The third-order valence-corrected chi connectivity index (χ3v) is 5.20. The number of hydrogen-bond acceptors (Lipinski definition) is 4. The van der Waals surface area contributed by atoms with Crippen LogP contribution in [0.3, 0.4) is 0 Å². The van der Waals surface area contributed by atoms with Gasteiger partial charge in [-0.3, -0.25) is 24.6 Å². The number of anilines is 1. The molecule has 1 heterocycles. The Labute approximate surface area is 126 Å². The van der Waals surface area contributed by atoms with E-state index >= 15 is 0 Å². The zero-order valence-corrected chi connectivity index (χ0v) is 11.9. The highest BCUT2D eigenvalue weighted by atomic mass is 16.6. The van der Waals surface area contributed by atoms with Crippen LogP contribution >= 0.6 is 0 Å². The number of non-ortho nitro benzene ring substituents is 1. The number of nitro benzene ring substituents is 1. The molecule has 0 N–H and O–H groups in total. The van der Waals surface area contributed by atoms with E-state index in [0.29, 0.717) is 5.69 Å². The van der Waals surface area contributed by atoms with E-state index in [0.717, 1.165) is 6.42 Å². The second kappa shape index (κ2) is 4.25. The molecule has 2 aliphatic carbocycles. The third kappa shape index (κ3) is 1.55. The van der Waals surface area contributed by atoms with E-state index in [2.05, 4.69) is 6.08 Å². The molecule has 2 amide bonds. The Kier molecular flexibility index (Phi) is 2.55. The molecule has 2 bridgehead atoms. The first-order valence-electron chi connectivity index (χ1n) is 7.29. The van der Waals surface area contributed by atoms with Crippen molar-refractivity contribution in [3.05, 3.63) is 46.0 Å². The van der Waals surface area contributed by atoms with Crippen LogP contribution in [0.15, 0.2) is 35.9 Å². The summed E-state index contributed by atoms with van der Waals surface area (Å²) >= 11 is 0. The Balaban J connectivity index is 1.69. The van der Waals surface area contributed by atoms with Gasteiger partial charge in [-0.1, -0.05) is 11.6 Å².